The summed E-state index contributed by atoms with van der Waals surface area (Å²) < 4.78 is 29.3. The first-order chi connectivity index (χ1) is 9.88. The number of imidazole rings is 1. The Balaban J connectivity index is 1.93. The van der Waals surface area contributed by atoms with Gasteiger partial charge in [-0.15, -0.1) is 0 Å². The van der Waals surface area contributed by atoms with Crippen molar-refractivity contribution in [2.75, 3.05) is 0 Å². The van der Waals surface area contributed by atoms with E-state index in [1.165, 1.54) is 6.20 Å². The van der Waals surface area contributed by atoms with Crippen molar-refractivity contribution in [1.82, 2.24) is 14.3 Å². The molecule has 0 radical (unpaired) electrons. The van der Waals surface area contributed by atoms with Crippen molar-refractivity contribution in [3.05, 3.63) is 47.4 Å². The molecule has 0 bridgehead atoms. The summed E-state index contributed by atoms with van der Waals surface area (Å²) in [5, 5.41) is 0.0269. The molecular weight excluding hydrogens is 288 g/mol. The van der Waals surface area contributed by atoms with Crippen LogP contribution in [0.3, 0.4) is 0 Å². The Bertz CT molecular complexity index is 763. The van der Waals surface area contributed by atoms with E-state index in [0.717, 1.165) is 11.1 Å². The molecular formula is C14H18N4O2S. The Labute approximate surface area is 124 Å². The molecule has 2 atom stereocenters. The molecule has 0 spiro atoms. The van der Waals surface area contributed by atoms with Gasteiger partial charge in [0.15, 0.2) is 5.03 Å². The van der Waals surface area contributed by atoms with Crippen molar-refractivity contribution in [3.8, 4) is 0 Å². The summed E-state index contributed by atoms with van der Waals surface area (Å²) in [5.74, 6) is 0.645. The fourth-order valence-corrected chi connectivity index (χ4v) is 3.97. The highest BCUT2D eigenvalue weighted by Crippen LogP contribution is 2.31. The second-order valence-corrected chi connectivity index (χ2v) is 7.06. The zero-order chi connectivity index (χ0) is 15.2. The summed E-state index contributed by atoms with van der Waals surface area (Å²) in [6.07, 6.45) is 2.18. The molecule has 0 amide bonds. The molecule has 6 nitrogen and oxygen atoms in total. The lowest BCUT2D eigenvalue weighted by Crippen LogP contribution is -2.38. The number of fused-ring (bicyclic) bond motifs is 1. The van der Waals surface area contributed by atoms with E-state index < -0.39 is 16.1 Å². The molecule has 0 fully saturated rings. The van der Waals surface area contributed by atoms with Gasteiger partial charge in [-0.25, -0.2) is 18.1 Å². The number of rotatable bonds is 3. The summed E-state index contributed by atoms with van der Waals surface area (Å²) in [6.45, 7) is 1.76. The number of benzene rings is 1. The molecule has 3 rings (SSSR count). The lowest BCUT2D eigenvalue weighted by Gasteiger charge is -2.17. The van der Waals surface area contributed by atoms with Crippen molar-refractivity contribution in [1.29, 1.82) is 0 Å². The Morgan fingerprint density at radius 3 is 2.76 bits per heavy atom. The summed E-state index contributed by atoms with van der Waals surface area (Å²) >= 11 is 0. The molecule has 1 aromatic heterocycles. The Kier molecular flexibility index (Phi) is 3.35. The minimum Gasteiger partial charge on any atom is -0.337 e. The second-order valence-electron chi connectivity index (χ2n) is 5.40. The van der Waals surface area contributed by atoms with Crippen molar-refractivity contribution in [3.63, 3.8) is 0 Å². The van der Waals surface area contributed by atoms with Gasteiger partial charge >= 0.3 is 0 Å². The Hall–Kier alpha value is -1.70. The molecule has 0 aliphatic heterocycles. The molecule has 112 valence electrons. The number of sulfonamides is 1. The smallest absolute Gasteiger partial charge is 0.260 e. The van der Waals surface area contributed by atoms with E-state index in [-0.39, 0.29) is 11.1 Å². The standard InChI is InChI=1S/C14H18N4O2S/c1-9-16-13(8-18(9)2)21(19,20)17-14-11-6-4-3-5-10(11)7-12(14)15/h3-6,8,12,14,17H,7,15H2,1-2H3. The third-order valence-corrected chi connectivity index (χ3v) is 5.23. The molecule has 1 aromatic carbocycles. The SMILES string of the molecule is Cc1nc(S(=O)(=O)NC2c3ccccc3CC2N)cn1C. The number of aryl methyl sites for hydroxylation is 2. The van der Waals surface area contributed by atoms with Gasteiger partial charge in [0.1, 0.15) is 5.82 Å². The first-order valence-electron chi connectivity index (χ1n) is 6.74. The lowest BCUT2D eigenvalue weighted by molar-refractivity contribution is 0.516. The van der Waals surface area contributed by atoms with E-state index >= 15 is 0 Å². The van der Waals surface area contributed by atoms with Crippen LogP contribution in [0.15, 0.2) is 35.5 Å². The second kappa shape index (κ2) is 4.94. The Morgan fingerprint density at radius 2 is 2.10 bits per heavy atom. The molecule has 0 saturated carbocycles. The highest BCUT2D eigenvalue weighted by molar-refractivity contribution is 7.89. The number of aromatic nitrogens is 2. The van der Waals surface area contributed by atoms with Gasteiger partial charge in [0, 0.05) is 19.3 Å². The molecule has 2 aromatic rings. The molecule has 1 aliphatic rings. The van der Waals surface area contributed by atoms with E-state index in [2.05, 4.69) is 9.71 Å². The van der Waals surface area contributed by atoms with E-state index in [9.17, 15) is 8.42 Å². The maximum atomic E-state index is 12.5. The highest BCUT2D eigenvalue weighted by atomic mass is 32.2. The van der Waals surface area contributed by atoms with Gasteiger partial charge in [0.25, 0.3) is 10.0 Å². The molecule has 0 saturated heterocycles. The van der Waals surface area contributed by atoms with Gasteiger partial charge in [-0.05, 0) is 24.5 Å². The average molecular weight is 306 g/mol. The number of hydrogen-bond donors (Lipinski definition) is 2. The van der Waals surface area contributed by atoms with Crippen molar-refractivity contribution in [2.45, 2.75) is 30.5 Å². The largest absolute Gasteiger partial charge is 0.337 e. The highest BCUT2D eigenvalue weighted by Gasteiger charge is 2.34. The van der Waals surface area contributed by atoms with Crippen LogP contribution >= 0.6 is 0 Å². The van der Waals surface area contributed by atoms with Crippen LogP contribution in [0.5, 0.6) is 0 Å². The number of nitrogens with one attached hydrogen (secondary N) is 1. The van der Waals surface area contributed by atoms with Crippen LogP contribution in [0.2, 0.25) is 0 Å². The number of hydrogen-bond acceptors (Lipinski definition) is 4. The van der Waals surface area contributed by atoms with Crippen molar-refractivity contribution in [2.24, 2.45) is 12.8 Å². The fraction of sp³-hybridized carbons (Fsp3) is 0.357. The number of nitrogens with two attached hydrogens (primary N) is 1. The molecule has 1 heterocycles. The van der Waals surface area contributed by atoms with Crippen LogP contribution in [0, 0.1) is 6.92 Å². The van der Waals surface area contributed by atoms with Crippen LogP contribution < -0.4 is 10.5 Å². The lowest BCUT2D eigenvalue weighted by atomic mass is 10.1. The molecule has 2 unspecified atom stereocenters. The van der Waals surface area contributed by atoms with Crippen LogP contribution in [-0.4, -0.2) is 24.0 Å². The third kappa shape index (κ3) is 2.48. The summed E-state index contributed by atoms with van der Waals surface area (Å²) in [5.41, 5.74) is 8.14. The van der Waals surface area contributed by atoms with Gasteiger partial charge in [-0.3, -0.25) is 0 Å². The summed E-state index contributed by atoms with van der Waals surface area (Å²) in [7, 11) is -1.92. The number of nitrogens with zero attached hydrogens (tertiary/aromatic N) is 2. The summed E-state index contributed by atoms with van der Waals surface area (Å²) in [6, 6.07) is 7.05. The molecule has 21 heavy (non-hydrogen) atoms. The first kappa shape index (κ1) is 14.2. The quantitative estimate of drug-likeness (QED) is 0.870. The van der Waals surface area contributed by atoms with E-state index in [4.69, 9.17) is 5.73 Å². The van der Waals surface area contributed by atoms with Gasteiger partial charge in [-0.2, -0.15) is 0 Å². The van der Waals surface area contributed by atoms with E-state index in [1.54, 1.807) is 18.5 Å². The van der Waals surface area contributed by atoms with Crippen molar-refractivity contribution < 1.29 is 8.42 Å². The topological polar surface area (TPSA) is 90.0 Å². The van der Waals surface area contributed by atoms with Gasteiger partial charge < -0.3 is 10.3 Å². The molecule has 1 aliphatic carbocycles. The monoisotopic (exact) mass is 306 g/mol. The van der Waals surface area contributed by atoms with Crippen LogP contribution in [0.1, 0.15) is 23.0 Å². The normalized spacial score (nSPS) is 21.5. The third-order valence-electron chi connectivity index (χ3n) is 3.92. The maximum Gasteiger partial charge on any atom is 0.260 e. The van der Waals surface area contributed by atoms with Crippen molar-refractivity contribution >= 4 is 10.0 Å². The van der Waals surface area contributed by atoms with Crippen LogP contribution in [0.4, 0.5) is 0 Å². The summed E-state index contributed by atoms with van der Waals surface area (Å²) in [4.78, 5) is 4.08. The Morgan fingerprint density at radius 1 is 1.38 bits per heavy atom. The zero-order valence-corrected chi connectivity index (χ0v) is 12.8. The van der Waals surface area contributed by atoms with Gasteiger partial charge in [0.2, 0.25) is 0 Å². The average Bonchev–Trinajstić information content (AvgIpc) is 2.92. The maximum absolute atomic E-state index is 12.5. The van der Waals surface area contributed by atoms with Gasteiger partial charge in [0.05, 0.1) is 6.04 Å². The fourth-order valence-electron chi connectivity index (χ4n) is 2.66. The van der Waals surface area contributed by atoms with Crippen LogP contribution in [-0.2, 0) is 23.5 Å². The molecule has 7 heteroatoms. The molecule has 3 N–H and O–H groups in total. The predicted octanol–water partition coefficient (Wildman–Crippen LogP) is 0.632. The minimum absolute atomic E-state index is 0.0269. The first-order valence-corrected chi connectivity index (χ1v) is 8.22. The van der Waals surface area contributed by atoms with Gasteiger partial charge in [-0.1, -0.05) is 24.3 Å². The predicted molar refractivity (Wildman–Crippen MR) is 79.1 cm³/mol. The zero-order valence-electron chi connectivity index (χ0n) is 11.9. The van der Waals surface area contributed by atoms with Crippen LogP contribution in [0.25, 0.3) is 0 Å². The minimum atomic E-state index is -3.68. The van der Waals surface area contributed by atoms with E-state index in [1.807, 2.05) is 24.3 Å². The van der Waals surface area contributed by atoms with E-state index in [0.29, 0.717) is 12.2 Å².